The topological polar surface area (TPSA) is 15.3 Å². The van der Waals surface area contributed by atoms with Crippen molar-refractivity contribution < 1.29 is 0 Å². The number of anilines is 1. The third-order valence-electron chi connectivity index (χ3n) is 3.74. The van der Waals surface area contributed by atoms with Crippen LogP contribution in [0, 0.1) is 13.8 Å². The molecule has 2 aromatic carbocycles. The summed E-state index contributed by atoms with van der Waals surface area (Å²) < 4.78 is 0. The maximum Gasteiger partial charge on any atom is 0.0488 e. The van der Waals surface area contributed by atoms with E-state index in [9.17, 15) is 0 Å². The second-order valence-electron chi connectivity index (χ2n) is 6.16. The molecule has 0 bridgehead atoms. The summed E-state index contributed by atoms with van der Waals surface area (Å²) in [6.45, 7) is 7.52. The van der Waals surface area contributed by atoms with Crippen LogP contribution in [-0.2, 0) is 6.54 Å². The van der Waals surface area contributed by atoms with Gasteiger partial charge < -0.3 is 10.2 Å². The van der Waals surface area contributed by atoms with Crippen molar-refractivity contribution in [1.82, 2.24) is 4.90 Å². The van der Waals surface area contributed by atoms with E-state index in [-0.39, 0.29) is 0 Å². The Bertz CT molecular complexity index is 585. The van der Waals surface area contributed by atoms with Gasteiger partial charge in [-0.05, 0) is 63.7 Å². The quantitative estimate of drug-likeness (QED) is 0.866. The lowest BCUT2D eigenvalue weighted by Crippen LogP contribution is -2.11. The van der Waals surface area contributed by atoms with Crippen molar-refractivity contribution in [1.29, 1.82) is 0 Å². The molecule has 21 heavy (non-hydrogen) atoms. The van der Waals surface area contributed by atoms with Crippen LogP contribution in [0.3, 0.4) is 0 Å². The van der Waals surface area contributed by atoms with Gasteiger partial charge in [0.25, 0.3) is 0 Å². The molecule has 0 saturated heterocycles. The molecule has 0 aromatic heterocycles. The van der Waals surface area contributed by atoms with Crippen LogP contribution in [0.4, 0.5) is 5.69 Å². The number of nitrogens with one attached hydrogen (secondary N) is 1. The monoisotopic (exact) mass is 282 g/mol. The Labute approximate surface area is 128 Å². The van der Waals surface area contributed by atoms with Crippen molar-refractivity contribution in [2.24, 2.45) is 0 Å². The third-order valence-corrected chi connectivity index (χ3v) is 3.74. The highest BCUT2D eigenvalue weighted by Gasteiger charge is 2.08. The van der Waals surface area contributed by atoms with E-state index in [1.807, 2.05) is 0 Å². The van der Waals surface area contributed by atoms with E-state index in [1.165, 1.54) is 27.9 Å². The second kappa shape index (κ2) is 6.77. The average molecular weight is 282 g/mol. The molecule has 0 amide bonds. The van der Waals surface area contributed by atoms with Crippen LogP contribution in [0.5, 0.6) is 0 Å². The van der Waals surface area contributed by atoms with Gasteiger partial charge in [-0.3, -0.25) is 0 Å². The molecule has 112 valence electrons. The van der Waals surface area contributed by atoms with Crippen molar-refractivity contribution in [3.8, 4) is 0 Å². The number of benzene rings is 2. The molecule has 0 heterocycles. The van der Waals surface area contributed by atoms with Crippen molar-refractivity contribution in [2.45, 2.75) is 33.4 Å². The number of hydrogen-bond donors (Lipinski definition) is 1. The highest BCUT2D eigenvalue weighted by Crippen LogP contribution is 2.23. The Morgan fingerprint density at radius 3 is 2.29 bits per heavy atom. The lowest BCUT2D eigenvalue weighted by atomic mass is 10.00. The summed E-state index contributed by atoms with van der Waals surface area (Å²) in [6.07, 6.45) is 0. The van der Waals surface area contributed by atoms with Crippen LogP contribution < -0.4 is 5.32 Å². The summed E-state index contributed by atoms with van der Waals surface area (Å²) in [5.41, 5.74) is 6.53. The molecule has 0 aliphatic rings. The van der Waals surface area contributed by atoms with E-state index in [0.29, 0.717) is 6.04 Å². The number of rotatable bonds is 5. The first-order valence-corrected chi connectivity index (χ1v) is 7.53. The first kappa shape index (κ1) is 15.6. The summed E-state index contributed by atoms with van der Waals surface area (Å²) in [7, 11) is 4.18. The summed E-state index contributed by atoms with van der Waals surface area (Å²) in [6, 6.07) is 15.7. The van der Waals surface area contributed by atoms with Gasteiger partial charge in [0.1, 0.15) is 0 Å². The van der Waals surface area contributed by atoms with Gasteiger partial charge in [-0.2, -0.15) is 0 Å². The minimum Gasteiger partial charge on any atom is -0.379 e. The summed E-state index contributed by atoms with van der Waals surface area (Å²) in [5, 5.41) is 3.59. The molecule has 1 N–H and O–H groups in total. The van der Waals surface area contributed by atoms with E-state index in [4.69, 9.17) is 0 Å². The molecular weight excluding hydrogens is 256 g/mol. The Hall–Kier alpha value is -1.80. The predicted octanol–water partition coefficient (Wildman–Crippen LogP) is 4.54. The molecule has 0 saturated carbocycles. The molecule has 1 unspecified atom stereocenters. The molecule has 2 aromatic rings. The lowest BCUT2D eigenvalue weighted by Gasteiger charge is -2.19. The Kier molecular flexibility index (Phi) is 5.03. The normalized spacial score (nSPS) is 12.5. The average Bonchev–Trinajstić information content (AvgIpc) is 2.43. The van der Waals surface area contributed by atoms with Crippen LogP contribution >= 0.6 is 0 Å². The lowest BCUT2D eigenvalue weighted by molar-refractivity contribution is 0.402. The van der Waals surface area contributed by atoms with Gasteiger partial charge >= 0.3 is 0 Å². The van der Waals surface area contributed by atoms with E-state index in [0.717, 1.165) is 6.54 Å². The van der Waals surface area contributed by atoms with E-state index in [2.05, 4.69) is 87.5 Å². The van der Waals surface area contributed by atoms with Crippen LogP contribution in [0.2, 0.25) is 0 Å². The maximum atomic E-state index is 3.59. The molecule has 0 aliphatic carbocycles. The zero-order valence-corrected chi connectivity index (χ0v) is 13.8. The molecule has 2 heteroatoms. The van der Waals surface area contributed by atoms with Gasteiger partial charge in [-0.15, -0.1) is 0 Å². The molecule has 0 spiro atoms. The van der Waals surface area contributed by atoms with Gasteiger partial charge in [0.15, 0.2) is 0 Å². The zero-order chi connectivity index (χ0) is 15.4. The smallest absolute Gasteiger partial charge is 0.0488 e. The van der Waals surface area contributed by atoms with Crippen molar-refractivity contribution in [3.63, 3.8) is 0 Å². The first-order chi connectivity index (χ1) is 9.95. The third kappa shape index (κ3) is 4.33. The summed E-state index contributed by atoms with van der Waals surface area (Å²) in [4.78, 5) is 2.18. The van der Waals surface area contributed by atoms with Gasteiger partial charge in [0.05, 0.1) is 0 Å². The van der Waals surface area contributed by atoms with Crippen LogP contribution in [0.15, 0.2) is 42.5 Å². The van der Waals surface area contributed by atoms with Crippen molar-refractivity contribution in [2.75, 3.05) is 19.4 Å². The number of hydrogen-bond acceptors (Lipinski definition) is 2. The zero-order valence-electron chi connectivity index (χ0n) is 13.8. The molecular formula is C19H26N2. The minimum absolute atomic E-state index is 0.310. The molecule has 0 aliphatic heterocycles. The molecule has 0 fully saturated rings. The fourth-order valence-electron chi connectivity index (χ4n) is 2.63. The van der Waals surface area contributed by atoms with Crippen LogP contribution in [0.1, 0.15) is 35.2 Å². The Morgan fingerprint density at radius 2 is 1.67 bits per heavy atom. The molecule has 1 atom stereocenters. The second-order valence-corrected chi connectivity index (χ2v) is 6.16. The fourth-order valence-corrected chi connectivity index (χ4v) is 2.63. The van der Waals surface area contributed by atoms with Crippen LogP contribution in [-0.4, -0.2) is 19.0 Å². The van der Waals surface area contributed by atoms with Crippen LogP contribution in [0.25, 0.3) is 0 Å². The Morgan fingerprint density at radius 1 is 1.00 bits per heavy atom. The minimum atomic E-state index is 0.310. The largest absolute Gasteiger partial charge is 0.379 e. The summed E-state index contributed by atoms with van der Waals surface area (Å²) in [5.74, 6) is 0. The maximum absolute atomic E-state index is 3.59. The van der Waals surface area contributed by atoms with Gasteiger partial charge in [-0.25, -0.2) is 0 Å². The van der Waals surface area contributed by atoms with Gasteiger partial charge in [0.2, 0.25) is 0 Å². The van der Waals surface area contributed by atoms with Crippen molar-refractivity contribution >= 4 is 5.69 Å². The Balaban J connectivity index is 2.08. The van der Waals surface area contributed by atoms with Crippen molar-refractivity contribution in [3.05, 3.63) is 64.7 Å². The molecule has 0 radical (unpaired) electrons. The van der Waals surface area contributed by atoms with Gasteiger partial charge in [0, 0.05) is 18.3 Å². The predicted molar refractivity (Wildman–Crippen MR) is 91.8 cm³/mol. The first-order valence-electron chi connectivity index (χ1n) is 7.53. The highest BCUT2D eigenvalue weighted by molar-refractivity contribution is 5.48. The highest BCUT2D eigenvalue weighted by atomic mass is 15.0. The molecule has 2 rings (SSSR count). The number of aryl methyl sites for hydroxylation is 2. The van der Waals surface area contributed by atoms with E-state index < -0.39 is 0 Å². The SMILES string of the molecule is Cc1ccc(C)c(C(C)Nc2ccc(CN(C)C)cc2)c1. The van der Waals surface area contributed by atoms with Gasteiger partial charge in [-0.1, -0.05) is 35.9 Å². The van der Waals surface area contributed by atoms with E-state index >= 15 is 0 Å². The fraction of sp³-hybridized carbons (Fsp3) is 0.368. The molecule has 2 nitrogen and oxygen atoms in total. The van der Waals surface area contributed by atoms with E-state index in [1.54, 1.807) is 0 Å². The summed E-state index contributed by atoms with van der Waals surface area (Å²) >= 11 is 0. The number of nitrogens with zero attached hydrogens (tertiary/aromatic N) is 1. The standard InChI is InChI=1S/C19H26N2/c1-14-6-7-15(2)19(12-14)16(3)20-18-10-8-17(9-11-18)13-21(4)5/h6-12,16,20H,13H2,1-5H3.